The smallest absolute Gasteiger partial charge is 0.166 e. The van der Waals surface area contributed by atoms with Gasteiger partial charge in [0.25, 0.3) is 0 Å². The Morgan fingerprint density at radius 1 is 1.08 bits per heavy atom. The number of ether oxygens (including phenoxy) is 1. The molecule has 3 aromatic rings. The number of rotatable bonds is 5. The summed E-state index contributed by atoms with van der Waals surface area (Å²) in [5.41, 5.74) is 8.43. The number of anilines is 2. The highest BCUT2D eigenvalue weighted by molar-refractivity contribution is 6.31. The molecule has 26 heavy (non-hydrogen) atoms. The Bertz CT molecular complexity index is 933. The Hall–Kier alpha value is -2.86. The van der Waals surface area contributed by atoms with Gasteiger partial charge in [-0.2, -0.15) is 0 Å². The number of nitrogens with zero attached hydrogens (tertiary/aromatic N) is 1. The Balaban J connectivity index is 1.85. The molecule has 0 saturated heterocycles. The molecular formula is C19H16ClF2N3O. The van der Waals surface area contributed by atoms with Crippen LogP contribution >= 0.6 is 11.6 Å². The Labute approximate surface area is 154 Å². The van der Waals surface area contributed by atoms with Gasteiger partial charge < -0.3 is 15.8 Å². The van der Waals surface area contributed by atoms with Crippen LogP contribution in [-0.4, -0.2) is 12.0 Å². The number of aromatic nitrogens is 1. The van der Waals surface area contributed by atoms with E-state index in [4.69, 9.17) is 22.1 Å². The minimum absolute atomic E-state index is 0.0742. The van der Waals surface area contributed by atoms with Crippen LogP contribution in [0.2, 0.25) is 5.02 Å². The average Bonchev–Trinajstić information content (AvgIpc) is 2.66. The van der Waals surface area contributed by atoms with Crippen molar-refractivity contribution in [1.29, 1.82) is 0 Å². The SMILES string of the molecule is CNc1ccc(-c2cnc(N)c(OCc3c(F)ccc(F)c3Cl)c2)cc1. The number of nitrogens with one attached hydrogen (secondary N) is 1. The summed E-state index contributed by atoms with van der Waals surface area (Å²) >= 11 is 5.81. The van der Waals surface area contributed by atoms with E-state index in [1.54, 1.807) is 12.3 Å². The molecule has 0 amide bonds. The second-order valence-corrected chi connectivity index (χ2v) is 5.92. The summed E-state index contributed by atoms with van der Waals surface area (Å²) < 4.78 is 32.9. The van der Waals surface area contributed by atoms with Gasteiger partial charge in [-0.1, -0.05) is 23.7 Å². The molecule has 4 nitrogen and oxygen atoms in total. The van der Waals surface area contributed by atoms with Gasteiger partial charge in [-0.15, -0.1) is 0 Å². The maximum Gasteiger partial charge on any atom is 0.166 e. The Morgan fingerprint density at radius 3 is 2.46 bits per heavy atom. The van der Waals surface area contributed by atoms with Crippen LogP contribution in [0.4, 0.5) is 20.3 Å². The Kier molecular flexibility index (Phi) is 5.23. The summed E-state index contributed by atoms with van der Waals surface area (Å²) in [6, 6.07) is 11.4. The molecule has 1 aromatic heterocycles. The minimum Gasteiger partial charge on any atom is -0.485 e. The van der Waals surface area contributed by atoms with Gasteiger partial charge in [-0.3, -0.25) is 0 Å². The highest BCUT2D eigenvalue weighted by Crippen LogP contribution is 2.30. The van der Waals surface area contributed by atoms with Crippen molar-refractivity contribution in [2.24, 2.45) is 0 Å². The van der Waals surface area contributed by atoms with Crippen molar-refractivity contribution >= 4 is 23.1 Å². The maximum absolute atomic E-state index is 13.9. The number of nitrogen functional groups attached to an aromatic ring is 1. The van der Waals surface area contributed by atoms with Crippen LogP contribution < -0.4 is 15.8 Å². The fraction of sp³-hybridized carbons (Fsp3) is 0.105. The van der Waals surface area contributed by atoms with E-state index in [1.165, 1.54) is 0 Å². The lowest BCUT2D eigenvalue weighted by Crippen LogP contribution is -2.04. The topological polar surface area (TPSA) is 60.2 Å². The molecule has 0 fully saturated rings. The molecular weight excluding hydrogens is 360 g/mol. The van der Waals surface area contributed by atoms with Crippen molar-refractivity contribution in [3.63, 3.8) is 0 Å². The van der Waals surface area contributed by atoms with E-state index >= 15 is 0 Å². The molecule has 0 bridgehead atoms. The minimum atomic E-state index is -0.712. The zero-order valence-electron chi connectivity index (χ0n) is 13.9. The molecule has 0 unspecified atom stereocenters. The first-order chi connectivity index (χ1) is 12.5. The van der Waals surface area contributed by atoms with E-state index in [0.29, 0.717) is 0 Å². The molecule has 3 N–H and O–H groups in total. The summed E-state index contributed by atoms with van der Waals surface area (Å²) in [4.78, 5) is 4.11. The first kappa shape index (κ1) is 17.9. The fourth-order valence-electron chi connectivity index (χ4n) is 2.41. The van der Waals surface area contributed by atoms with Crippen LogP contribution in [0.3, 0.4) is 0 Å². The van der Waals surface area contributed by atoms with Crippen LogP contribution in [0.1, 0.15) is 5.56 Å². The summed E-state index contributed by atoms with van der Waals surface area (Å²) in [5, 5.41) is 2.73. The van der Waals surface area contributed by atoms with Crippen molar-refractivity contribution in [3.05, 3.63) is 70.9 Å². The third kappa shape index (κ3) is 3.70. The van der Waals surface area contributed by atoms with Crippen LogP contribution in [0, 0.1) is 11.6 Å². The highest BCUT2D eigenvalue weighted by atomic mass is 35.5. The quantitative estimate of drug-likeness (QED) is 0.624. The lowest BCUT2D eigenvalue weighted by molar-refractivity contribution is 0.300. The zero-order chi connectivity index (χ0) is 18.7. The van der Waals surface area contributed by atoms with E-state index in [-0.39, 0.29) is 28.8 Å². The van der Waals surface area contributed by atoms with E-state index in [9.17, 15) is 8.78 Å². The maximum atomic E-state index is 13.9. The number of halogens is 3. The molecule has 0 radical (unpaired) electrons. The predicted octanol–water partition coefficient (Wildman–Crippen LogP) is 4.88. The molecule has 2 aromatic carbocycles. The van der Waals surface area contributed by atoms with E-state index in [1.807, 2.05) is 31.3 Å². The predicted molar refractivity (Wildman–Crippen MR) is 99.3 cm³/mol. The van der Waals surface area contributed by atoms with Crippen molar-refractivity contribution in [1.82, 2.24) is 4.98 Å². The second kappa shape index (κ2) is 7.58. The molecule has 0 saturated carbocycles. The van der Waals surface area contributed by atoms with Crippen molar-refractivity contribution in [3.8, 4) is 16.9 Å². The first-order valence-corrected chi connectivity index (χ1v) is 8.16. The third-order valence-corrected chi connectivity index (χ3v) is 4.31. The van der Waals surface area contributed by atoms with E-state index < -0.39 is 11.6 Å². The second-order valence-electron chi connectivity index (χ2n) is 5.55. The number of hydrogen-bond donors (Lipinski definition) is 2. The van der Waals surface area contributed by atoms with Crippen LogP contribution in [0.5, 0.6) is 5.75 Å². The van der Waals surface area contributed by atoms with Gasteiger partial charge in [0, 0.05) is 30.1 Å². The van der Waals surface area contributed by atoms with Crippen molar-refractivity contribution < 1.29 is 13.5 Å². The van der Waals surface area contributed by atoms with Crippen LogP contribution in [0.25, 0.3) is 11.1 Å². The zero-order valence-corrected chi connectivity index (χ0v) is 14.6. The van der Waals surface area contributed by atoms with Crippen LogP contribution in [0.15, 0.2) is 48.7 Å². The fourth-order valence-corrected chi connectivity index (χ4v) is 2.62. The molecule has 0 aliphatic heterocycles. The lowest BCUT2D eigenvalue weighted by Gasteiger charge is -2.12. The summed E-state index contributed by atoms with van der Waals surface area (Å²) in [6.07, 6.45) is 1.62. The molecule has 134 valence electrons. The summed E-state index contributed by atoms with van der Waals surface area (Å²) in [5.74, 6) is -0.952. The van der Waals surface area contributed by atoms with E-state index in [0.717, 1.165) is 28.9 Å². The number of hydrogen-bond acceptors (Lipinski definition) is 4. The van der Waals surface area contributed by atoms with Gasteiger partial charge in [0.15, 0.2) is 11.6 Å². The summed E-state index contributed by atoms with van der Waals surface area (Å²) in [7, 11) is 1.84. The molecule has 7 heteroatoms. The molecule has 0 aliphatic carbocycles. The molecule has 1 heterocycles. The third-order valence-electron chi connectivity index (χ3n) is 3.90. The van der Waals surface area contributed by atoms with Crippen molar-refractivity contribution in [2.45, 2.75) is 6.61 Å². The summed E-state index contributed by atoms with van der Waals surface area (Å²) in [6.45, 7) is -0.267. The van der Waals surface area contributed by atoms with Crippen molar-refractivity contribution in [2.75, 3.05) is 18.1 Å². The van der Waals surface area contributed by atoms with Gasteiger partial charge in [0.2, 0.25) is 0 Å². The van der Waals surface area contributed by atoms with Gasteiger partial charge in [0.05, 0.1) is 5.02 Å². The highest BCUT2D eigenvalue weighted by Gasteiger charge is 2.14. The standard InChI is InChI=1S/C19H16ClF2N3O/c1-24-13-4-2-11(3-5-13)12-8-17(19(23)25-9-12)26-10-14-15(21)6-7-16(22)18(14)20/h2-9,24H,10H2,1H3,(H2,23,25). The van der Waals surface area contributed by atoms with Gasteiger partial charge in [-0.05, 0) is 35.9 Å². The molecule has 0 spiro atoms. The number of pyridine rings is 1. The number of nitrogens with two attached hydrogens (primary N) is 1. The molecule has 0 aliphatic rings. The number of benzene rings is 2. The van der Waals surface area contributed by atoms with Gasteiger partial charge in [-0.25, -0.2) is 13.8 Å². The monoisotopic (exact) mass is 375 g/mol. The average molecular weight is 376 g/mol. The molecule has 0 atom stereocenters. The van der Waals surface area contributed by atoms with E-state index in [2.05, 4.69) is 10.3 Å². The van der Waals surface area contributed by atoms with Crippen LogP contribution in [-0.2, 0) is 6.61 Å². The first-order valence-electron chi connectivity index (χ1n) is 7.78. The molecule has 3 rings (SSSR count). The Morgan fingerprint density at radius 2 is 1.77 bits per heavy atom. The normalized spacial score (nSPS) is 10.6. The largest absolute Gasteiger partial charge is 0.485 e. The van der Waals surface area contributed by atoms with Gasteiger partial charge >= 0.3 is 0 Å². The lowest BCUT2D eigenvalue weighted by atomic mass is 10.1. The van der Waals surface area contributed by atoms with Gasteiger partial charge in [0.1, 0.15) is 18.2 Å².